The van der Waals surface area contributed by atoms with E-state index in [1.165, 1.54) is 24.3 Å². The topological polar surface area (TPSA) is 38.0 Å². The van der Waals surface area contributed by atoms with Gasteiger partial charge >= 0.3 is 0 Å². The zero-order valence-corrected chi connectivity index (χ0v) is 10.8. The fraction of sp³-hybridized carbons (Fsp3) is 1.00. The van der Waals surface area contributed by atoms with Gasteiger partial charge in [0.25, 0.3) is 0 Å². The SMILES string of the molecule is CCSCCNC(C)(CN)C1CC1.Cl. The molecule has 3 N–H and O–H groups in total. The largest absolute Gasteiger partial charge is 0.329 e. The average Bonchev–Trinajstić information content (AvgIpc) is 2.95. The lowest BCUT2D eigenvalue weighted by molar-refractivity contribution is 0.328. The Balaban J connectivity index is 0.00000169. The molecule has 0 bridgehead atoms. The van der Waals surface area contributed by atoms with Crippen LogP contribution in [-0.2, 0) is 0 Å². The van der Waals surface area contributed by atoms with Crippen LogP contribution in [0.5, 0.6) is 0 Å². The first-order valence-electron chi connectivity index (χ1n) is 5.25. The molecule has 1 rings (SSSR count). The Morgan fingerprint density at radius 2 is 2.14 bits per heavy atom. The van der Waals surface area contributed by atoms with Crippen LogP contribution in [0, 0.1) is 5.92 Å². The first-order valence-corrected chi connectivity index (χ1v) is 6.41. The highest BCUT2D eigenvalue weighted by molar-refractivity contribution is 7.99. The second-order valence-electron chi connectivity index (χ2n) is 4.02. The van der Waals surface area contributed by atoms with E-state index in [0.717, 1.165) is 19.0 Å². The summed E-state index contributed by atoms with van der Waals surface area (Å²) < 4.78 is 0. The minimum absolute atomic E-state index is 0. The summed E-state index contributed by atoms with van der Waals surface area (Å²) in [6, 6.07) is 0. The van der Waals surface area contributed by atoms with Crippen LogP contribution < -0.4 is 11.1 Å². The molecule has 0 amide bonds. The minimum Gasteiger partial charge on any atom is -0.329 e. The van der Waals surface area contributed by atoms with Crippen molar-refractivity contribution in [3.8, 4) is 0 Å². The van der Waals surface area contributed by atoms with Gasteiger partial charge in [-0.05, 0) is 31.4 Å². The van der Waals surface area contributed by atoms with Crippen molar-refractivity contribution in [1.29, 1.82) is 0 Å². The van der Waals surface area contributed by atoms with Gasteiger partial charge in [-0.1, -0.05) is 6.92 Å². The lowest BCUT2D eigenvalue weighted by Gasteiger charge is -2.29. The van der Waals surface area contributed by atoms with E-state index in [2.05, 4.69) is 19.2 Å². The fourth-order valence-electron chi connectivity index (χ4n) is 1.66. The van der Waals surface area contributed by atoms with Gasteiger partial charge in [-0.15, -0.1) is 12.4 Å². The zero-order chi connectivity index (χ0) is 9.73. The molecule has 4 heteroatoms. The highest BCUT2D eigenvalue weighted by Gasteiger charge is 2.39. The van der Waals surface area contributed by atoms with Crippen LogP contribution in [0.25, 0.3) is 0 Å². The van der Waals surface area contributed by atoms with Crippen molar-refractivity contribution in [2.45, 2.75) is 32.2 Å². The molecule has 0 aromatic heterocycles. The smallest absolute Gasteiger partial charge is 0.0304 e. The first kappa shape index (κ1) is 14.6. The van der Waals surface area contributed by atoms with Gasteiger partial charge in [0.1, 0.15) is 0 Å². The van der Waals surface area contributed by atoms with E-state index in [-0.39, 0.29) is 17.9 Å². The van der Waals surface area contributed by atoms with Crippen LogP contribution in [0.3, 0.4) is 0 Å². The Labute approximate surface area is 98.2 Å². The Bertz CT molecular complexity index is 153. The van der Waals surface area contributed by atoms with Gasteiger partial charge in [0.15, 0.2) is 0 Å². The van der Waals surface area contributed by atoms with Crippen molar-refractivity contribution in [3.05, 3.63) is 0 Å². The lowest BCUT2D eigenvalue weighted by atomic mass is 9.96. The number of nitrogens with two attached hydrogens (primary N) is 1. The summed E-state index contributed by atoms with van der Waals surface area (Å²) in [6.07, 6.45) is 2.73. The molecule has 0 heterocycles. The van der Waals surface area contributed by atoms with E-state index in [4.69, 9.17) is 5.73 Å². The molecule has 1 aliphatic carbocycles. The molecule has 0 aliphatic heterocycles. The lowest BCUT2D eigenvalue weighted by Crippen LogP contribution is -2.51. The van der Waals surface area contributed by atoms with Gasteiger partial charge in [-0.3, -0.25) is 0 Å². The minimum atomic E-state index is 0. The third-order valence-corrected chi connectivity index (χ3v) is 3.78. The Kier molecular flexibility index (Phi) is 7.21. The molecule has 86 valence electrons. The number of halogens is 1. The molecule has 0 saturated heterocycles. The summed E-state index contributed by atoms with van der Waals surface area (Å²) in [5.74, 6) is 3.26. The standard InChI is InChI=1S/C10H22N2S.ClH/c1-3-13-7-6-12-10(2,8-11)9-4-5-9;/h9,12H,3-8,11H2,1-2H3;1H. The molecule has 0 spiro atoms. The first-order chi connectivity index (χ1) is 6.23. The Morgan fingerprint density at radius 3 is 2.57 bits per heavy atom. The average molecular weight is 239 g/mol. The summed E-state index contributed by atoms with van der Waals surface area (Å²) in [7, 11) is 0. The van der Waals surface area contributed by atoms with Crippen molar-refractivity contribution < 1.29 is 0 Å². The molecule has 1 unspecified atom stereocenters. The second-order valence-corrected chi connectivity index (χ2v) is 5.41. The highest BCUT2D eigenvalue weighted by atomic mass is 35.5. The van der Waals surface area contributed by atoms with Crippen LogP contribution >= 0.6 is 24.2 Å². The van der Waals surface area contributed by atoms with Crippen molar-refractivity contribution in [2.75, 3.05) is 24.6 Å². The molecular weight excluding hydrogens is 216 g/mol. The summed E-state index contributed by atoms with van der Waals surface area (Å²) in [5.41, 5.74) is 6.01. The van der Waals surface area contributed by atoms with Crippen LogP contribution in [-0.4, -0.2) is 30.1 Å². The predicted octanol–water partition coefficient (Wildman–Crippen LogP) is 1.88. The fourth-order valence-corrected chi connectivity index (χ4v) is 2.19. The highest BCUT2D eigenvalue weighted by Crippen LogP contribution is 2.38. The third kappa shape index (κ3) is 4.39. The van der Waals surface area contributed by atoms with Gasteiger partial charge in [-0.25, -0.2) is 0 Å². The maximum absolute atomic E-state index is 5.79. The second kappa shape index (κ2) is 6.94. The Hall–Kier alpha value is 0.560. The molecule has 1 saturated carbocycles. The number of thioether (sulfide) groups is 1. The summed E-state index contributed by atoms with van der Waals surface area (Å²) in [5, 5.41) is 3.60. The predicted molar refractivity (Wildman–Crippen MR) is 68.4 cm³/mol. The number of nitrogens with one attached hydrogen (secondary N) is 1. The summed E-state index contributed by atoms with van der Waals surface area (Å²) >= 11 is 1.99. The quantitative estimate of drug-likeness (QED) is 0.666. The van der Waals surface area contributed by atoms with E-state index >= 15 is 0 Å². The van der Waals surface area contributed by atoms with Crippen LogP contribution in [0.2, 0.25) is 0 Å². The van der Waals surface area contributed by atoms with Crippen LogP contribution in [0.15, 0.2) is 0 Å². The molecule has 14 heavy (non-hydrogen) atoms. The van der Waals surface area contributed by atoms with Crippen molar-refractivity contribution in [2.24, 2.45) is 11.7 Å². The van der Waals surface area contributed by atoms with E-state index in [1.807, 2.05) is 11.8 Å². The van der Waals surface area contributed by atoms with Gasteiger partial charge in [0.2, 0.25) is 0 Å². The monoisotopic (exact) mass is 238 g/mol. The van der Waals surface area contributed by atoms with Crippen LogP contribution in [0.1, 0.15) is 26.7 Å². The van der Waals surface area contributed by atoms with Gasteiger partial charge in [0, 0.05) is 24.4 Å². The normalized spacial score (nSPS) is 19.9. The number of hydrogen-bond donors (Lipinski definition) is 2. The molecule has 2 nitrogen and oxygen atoms in total. The van der Waals surface area contributed by atoms with Crippen LogP contribution in [0.4, 0.5) is 0 Å². The van der Waals surface area contributed by atoms with Crippen molar-refractivity contribution in [3.63, 3.8) is 0 Å². The number of rotatable bonds is 7. The molecule has 0 aromatic carbocycles. The van der Waals surface area contributed by atoms with Crippen molar-refractivity contribution in [1.82, 2.24) is 5.32 Å². The van der Waals surface area contributed by atoms with Gasteiger partial charge in [-0.2, -0.15) is 11.8 Å². The maximum atomic E-state index is 5.79. The van der Waals surface area contributed by atoms with E-state index in [0.29, 0.717) is 0 Å². The molecule has 1 atom stereocenters. The maximum Gasteiger partial charge on any atom is 0.0304 e. The molecule has 0 aromatic rings. The van der Waals surface area contributed by atoms with Gasteiger partial charge < -0.3 is 11.1 Å². The van der Waals surface area contributed by atoms with Crippen molar-refractivity contribution >= 4 is 24.2 Å². The molecule has 1 fully saturated rings. The summed E-state index contributed by atoms with van der Waals surface area (Å²) in [6.45, 7) is 6.34. The van der Waals surface area contributed by atoms with E-state index in [9.17, 15) is 0 Å². The third-order valence-electron chi connectivity index (χ3n) is 2.88. The molecule has 0 radical (unpaired) electrons. The Morgan fingerprint density at radius 1 is 1.50 bits per heavy atom. The molecule has 1 aliphatic rings. The molecular formula is C10H23ClN2S. The summed E-state index contributed by atoms with van der Waals surface area (Å²) in [4.78, 5) is 0. The van der Waals surface area contributed by atoms with E-state index < -0.39 is 0 Å². The zero-order valence-electron chi connectivity index (χ0n) is 9.21. The van der Waals surface area contributed by atoms with E-state index in [1.54, 1.807) is 0 Å². The number of hydrogen-bond acceptors (Lipinski definition) is 3. The van der Waals surface area contributed by atoms with Gasteiger partial charge in [0.05, 0.1) is 0 Å².